The molecule has 5 nitrogen and oxygen atoms in total. The lowest BCUT2D eigenvalue weighted by atomic mass is 10.2. The number of aromatic nitrogens is 2. The van der Waals surface area contributed by atoms with Crippen LogP contribution in [0, 0.1) is 0 Å². The summed E-state index contributed by atoms with van der Waals surface area (Å²) in [6.45, 7) is 2.86. The summed E-state index contributed by atoms with van der Waals surface area (Å²) in [4.78, 5) is 21.8. The van der Waals surface area contributed by atoms with Crippen LogP contribution in [-0.4, -0.2) is 29.6 Å². The molecule has 0 saturated heterocycles. The summed E-state index contributed by atoms with van der Waals surface area (Å²) >= 11 is 1.43. The lowest BCUT2D eigenvalue weighted by Gasteiger charge is -2.15. The van der Waals surface area contributed by atoms with Crippen LogP contribution in [0.4, 0.5) is 5.13 Å². The summed E-state index contributed by atoms with van der Waals surface area (Å²) in [5, 5.41) is 2.51. The first-order valence-electron chi connectivity index (χ1n) is 5.93. The zero-order valence-electron chi connectivity index (χ0n) is 10.9. The molecule has 100 valence electrons. The van der Waals surface area contributed by atoms with Crippen molar-refractivity contribution in [1.82, 2.24) is 9.97 Å². The van der Waals surface area contributed by atoms with E-state index in [0.29, 0.717) is 12.3 Å². The molecule has 6 heteroatoms. The van der Waals surface area contributed by atoms with Crippen molar-refractivity contribution in [3.8, 4) is 0 Å². The normalized spacial score (nSPS) is 10.2. The maximum atomic E-state index is 11.5. The van der Waals surface area contributed by atoms with Gasteiger partial charge >= 0.3 is 5.97 Å². The number of rotatable bonds is 5. The van der Waals surface area contributed by atoms with Crippen LogP contribution in [-0.2, 0) is 11.3 Å². The maximum Gasteiger partial charge on any atom is 0.357 e. The predicted octanol–water partition coefficient (Wildman–Crippen LogP) is 2.35. The van der Waals surface area contributed by atoms with Gasteiger partial charge < -0.3 is 9.64 Å². The Kier molecular flexibility index (Phi) is 4.46. The highest BCUT2D eigenvalue weighted by Gasteiger charge is 2.13. The zero-order chi connectivity index (χ0) is 13.7. The van der Waals surface area contributed by atoms with Gasteiger partial charge in [-0.3, -0.25) is 4.98 Å². The fraction of sp³-hybridized carbons (Fsp3) is 0.308. The van der Waals surface area contributed by atoms with E-state index in [9.17, 15) is 4.79 Å². The molecule has 0 bridgehead atoms. The second-order valence-corrected chi connectivity index (χ2v) is 4.78. The van der Waals surface area contributed by atoms with Crippen LogP contribution in [0.15, 0.2) is 29.9 Å². The Morgan fingerprint density at radius 2 is 2.16 bits per heavy atom. The van der Waals surface area contributed by atoms with Crippen LogP contribution in [0.3, 0.4) is 0 Å². The second kappa shape index (κ2) is 6.29. The summed E-state index contributed by atoms with van der Waals surface area (Å²) in [6, 6.07) is 3.91. The van der Waals surface area contributed by atoms with E-state index in [-0.39, 0.29) is 5.97 Å². The number of esters is 1. The molecule has 0 aliphatic rings. The summed E-state index contributed by atoms with van der Waals surface area (Å²) in [5.41, 5.74) is 1.51. The lowest BCUT2D eigenvalue weighted by Crippen LogP contribution is -2.16. The van der Waals surface area contributed by atoms with Crippen molar-refractivity contribution in [2.24, 2.45) is 0 Å². The Labute approximate surface area is 115 Å². The van der Waals surface area contributed by atoms with Gasteiger partial charge in [0.2, 0.25) is 0 Å². The SMILES string of the molecule is CCOC(=O)c1csc(N(C)Cc2ccncc2)n1. The van der Waals surface area contributed by atoms with E-state index in [4.69, 9.17) is 4.74 Å². The summed E-state index contributed by atoms with van der Waals surface area (Å²) in [5.74, 6) is -0.373. The zero-order valence-corrected chi connectivity index (χ0v) is 11.7. The van der Waals surface area contributed by atoms with Crippen molar-refractivity contribution in [3.05, 3.63) is 41.2 Å². The number of nitrogens with zero attached hydrogens (tertiary/aromatic N) is 3. The fourth-order valence-electron chi connectivity index (χ4n) is 1.57. The first-order valence-corrected chi connectivity index (χ1v) is 6.81. The summed E-state index contributed by atoms with van der Waals surface area (Å²) in [7, 11) is 1.94. The van der Waals surface area contributed by atoms with Gasteiger partial charge in [-0.1, -0.05) is 0 Å². The number of hydrogen-bond donors (Lipinski definition) is 0. The molecular weight excluding hydrogens is 262 g/mol. The van der Waals surface area contributed by atoms with E-state index in [2.05, 4.69) is 9.97 Å². The Balaban J connectivity index is 2.04. The third-order valence-electron chi connectivity index (χ3n) is 2.47. The van der Waals surface area contributed by atoms with Crippen LogP contribution < -0.4 is 4.90 Å². The maximum absolute atomic E-state index is 11.5. The van der Waals surface area contributed by atoms with Crippen LogP contribution in [0.25, 0.3) is 0 Å². The second-order valence-electron chi connectivity index (χ2n) is 3.95. The summed E-state index contributed by atoms with van der Waals surface area (Å²) in [6.07, 6.45) is 3.52. The smallest absolute Gasteiger partial charge is 0.357 e. The number of anilines is 1. The standard InChI is InChI=1S/C13H15N3O2S/c1-3-18-12(17)11-9-19-13(15-11)16(2)8-10-4-6-14-7-5-10/h4-7,9H,3,8H2,1-2H3. The Bertz CT molecular complexity index is 542. The average molecular weight is 277 g/mol. The number of carbonyl (C=O) groups is 1. The molecule has 2 heterocycles. The third-order valence-corrected chi connectivity index (χ3v) is 3.43. The van der Waals surface area contributed by atoms with E-state index in [1.54, 1.807) is 24.7 Å². The molecule has 0 unspecified atom stereocenters. The molecule has 19 heavy (non-hydrogen) atoms. The molecule has 0 radical (unpaired) electrons. The Morgan fingerprint density at radius 3 is 2.84 bits per heavy atom. The molecule has 2 aromatic heterocycles. The minimum absolute atomic E-state index is 0.360. The molecule has 0 aromatic carbocycles. The van der Waals surface area contributed by atoms with Crippen LogP contribution >= 0.6 is 11.3 Å². The summed E-state index contributed by atoms with van der Waals surface area (Å²) < 4.78 is 4.92. The molecule has 0 saturated carbocycles. The molecule has 0 aliphatic carbocycles. The van der Waals surface area contributed by atoms with E-state index in [0.717, 1.165) is 17.2 Å². The monoisotopic (exact) mass is 277 g/mol. The van der Waals surface area contributed by atoms with Gasteiger partial charge in [-0.05, 0) is 24.6 Å². The fourth-order valence-corrected chi connectivity index (χ4v) is 2.33. The molecule has 2 rings (SSSR count). The van der Waals surface area contributed by atoms with Crippen molar-refractivity contribution < 1.29 is 9.53 Å². The molecule has 0 N–H and O–H groups in total. The number of thiazole rings is 1. The third kappa shape index (κ3) is 3.51. The lowest BCUT2D eigenvalue weighted by molar-refractivity contribution is 0.0520. The van der Waals surface area contributed by atoms with E-state index < -0.39 is 0 Å². The van der Waals surface area contributed by atoms with Gasteiger partial charge in [0.25, 0.3) is 0 Å². The van der Waals surface area contributed by atoms with Crippen LogP contribution in [0.5, 0.6) is 0 Å². The van der Waals surface area contributed by atoms with Gasteiger partial charge in [0.1, 0.15) is 0 Å². The molecular formula is C13H15N3O2S. The van der Waals surface area contributed by atoms with Gasteiger partial charge in [0.05, 0.1) is 6.61 Å². The largest absolute Gasteiger partial charge is 0.461 e. The Morgan fingerprint density at radius 1 is 1.42 bits per heavy atom. The van der Waals surface area contributed by atoms with Crippen LogP contribution in [0.2, 0.25) is 0 Å². The first kappa shape index (κ1) is 13.5. The average Bonchev–Trinajstić information content (AvgIpc) is 2.90. The molecule has 0 fully saturated rings. The molecule has 2 aromatic rings. The number of ether oxygens (including phenoxy) is 1. The van der Waals surface area contributed by atoms with E-state index in [1.165, 1.54) is 11.3 Å². The molecule has 0 spiro atoms. The van der Waals surface area contributed by atoms with Crippen LogP contribution in [0.1, 0.15) is 23.0 Å². The van der Waals surface area contributed by atoms with Gasteiger partial charge in [-0.25, -0.2) is 9.78 Å². The minimum atomic E-state index is -0.373. The van der Waals surface area contributed by atoms with Crippen molar-refractivity contribution >= 4 is 22.4 Å². The number of carbonyl (C=O) groups excluding carboxylic acids is 1. The highest BCUT2D eigenvalue weighted by Crippen LogP contribution is 2.21. The predicted molar refractivity (Wildman–Crippen MR) is 74.4 cm³/mol. The highest BCUT2D eigenvalue weighted by atomic mass is 32.1. The van der Waals surface area contributed by atoms with Crippen molar-refractivity contribution in [3.63, 3.8) is 0 Å². The van der Waals surface area contributed by atoms with Crippen molar-refractivity contribution in [2.75, 3.05) is 18.6 Å². The molecule has 0 atom stereocenters. The molecule has 0 aliphatic heterocycles. The van der Waals surface area contributed by atoms with Gasteiger partial charge in [0, 0.05) is 31.4 Å². The Hall–Kier alpha value is -1.95. The van der Waals surface area contributed by atoms with E-state index >= 15 is 0 Å². The van der Waals surface area contributed by atoms with Gasteiger partial charge in [-0.2, -0.15) is 0 Å². The first-order chi connectivity index (χ1) is 9.20. The highest BCUT2D eigenvalue weighted by molar-refractivity contribution is 7.13. The minimum Gasteiger partial charge on any atom is -0.461 e. The molecule has 0 amide bonds. The quantitative estimate of drug-likeness (QED) is 0.785. The number of pyridine rings is 1. The van der Waals surface area contributed by atoms with Crippen molar-refractivity contribution in [1.29, 1.82) is 0 Å². The van der Waals surface area contributed by atoms with E-state index in [1.807, 2.05) is 24.1 Å². The van der Waals surface area contributed by atoms with Gasteiger partial charge in [-0.15, -0.1) is 11.3 Å². The topological polar surface area (TPSA) is 55.3 Å². The van der Waals surface area contributed by atoms with Crippen molar-refractivity contribution in [2.45, 2.75) is 13.5 Å². The van der Waals surface area contributed by atoms with Gasteiger partial charge in [0.15, 0.2) is 10.8 Å². The number of hydrogen-bond acceptors (Lipinski definition) is 6.